The lowest BCUT2D eigenvalue weighted by atomic mass is 10.0. The molecule has 1 aliphatic carbocycles. The predicted octanol–water partition coefficient (Wildman–Crippen LogP) is 1.45. The van der Waals surface area contributed by atoms with E-state index in [2.05, 4.69) is 5.32 Å². The summed E-state index contributed by atoms with van der Waals surface area (Å²) in [4.78, 5) is 22.9. The number of hydrogen-bond acceptors (Lipinski definition) is 3. The topological polar surface area (TPSA) is 92.4 Å². The van der Waals surface area contributed by atoms with E-state index in [4.69, 9.17) is 10.8 Å². The highest BCUT2D eigenvalue weighted by Gasteiger charge is 2.30. The van der Waals surface area contributed by atoms with Crippen molar-refractivity contribution in [3.63, 3.8) is 0 Å². The molecule has 2 rings (SSSR count). The number of carboxylic acids is 1. The number of carboxylic acid groups (broad SMARTS) is 1. The van der Waals surface area contributed by atoms with Gasteiger partial charge in [-0.3, -0.25) is 9.59 Å². The molecule has 1 amide bonds. The zero-order chi connectivity index (χ0) is 14.5. The summed E-state index contributed by atoms with van der Waals surface area (Å²) in [7, 11) is 0. The molecule has 1 saturated carbocycles. The number of nitrogens with one attached hydrogen (secondary N) is 1. The number of carbonyl (C=O) groups excluding carboxylic acids is 1. The Kier molecular flexibility index (Phi) is 4.74. The molecule has 5 heteroatoms. The molecule has 2 unspecified atom stereocenters. The third kappa shape index (κ3) is 4.35. The van der Waals surface area contributed by atoms with Crippen LogP contribution in [0.25, 0.3) is 0 Å². The van der Waals surface area contributed by atoms with Crippen molar-refractivity contribution in [1.29, 1.82) is 0 Å². The summed E-state index contributed by atoms with van der Waals surface area (Å²) in [5, 5.41) is 11.7. The fourth-order valence-electron chi connectivity index (χ4n) is 2.27. The van der Waals surface area contributed by atoms with Crippen LogP contribution in [-0.2, 0) is 9.59 Å². The molecule has 0 spiro atoms. The number of rotatable bonds is 7. The van der Waals surface area contributed by atoms with Gasteiger partial charge >= 0.3 is 5.97 Å². The molecule has 4 N–H and O–H groups in total. The molecule has 1 fully saturated rings. The standard InChI is InChI=1S/C15H20N2O3/c16-12(10-6-7-10)8-14(18)17-13(9-15(19)20)11-4-2-1-3-5-11/h1-5,10,12-13H,6-9,16H2,(H,17,18)(H,19,20). The van der Waals surface area contributed by atoms with E-state index < -0.39 is 12.0 Å². The van der Waals surface area contributed by atoms with Crippen LogP contribution in [0.3, 0.4) is 0 Å². The van der Waals surface area contributed by atoms with E-state index >= 15 is 0 Å². The molecule has 1 aliphatic rings. The summed E-state index contributed by atoms with van der Waals surface area (Å²) in [6.45, 7) is 0. The van der Waals surface area contributed by atoms with E-state index in [1.807, 2.05) is 30.3 Å². The molecule has 0 heterocycles. The Morgan fingerprint density at radius 1 is 1.25 bits per heavy atom. The summed E-state index contributed by atoms with van der Waals surface area (Å²) in [5.41, 5.74) is 6.71. The van der Waals surface area contributed by atoms with Crippen LogP contribution >= 0.6 is 0 Å². The average Bonchev–Trinajstić information content (AvgIpc) is 3.22. The van der Waals surface area contributed by atoms with Crippen LogP contribution < -0.4 is 11.1 Å². The number of hydrogen-bond donors (Lipinski definition) is 3. The maximum absolute atomic E-state index is 12.0. The van der Waals surface area contributed by atoms with Crippen molar-refractivity contribution in [1.82, 2.24) is 5.32 Å². The van der Waals surface area contributed by atoms with Crippen LogP contribution in [0.1, 0.15) is 37.3 Å². The van der Waals surface area contributed by atoms with Gasteiger partial charge in [0.25, 0.3) is 0 Å². The lowest BCUT2D eigenvalue weighted by molar-refractivity contribution is -0.137. The number of benzene rings is 1. The molecular weight excluding hydrogens is 256 g/mol. The maximum atomic E-state index is 12.0. The molecule has 20 heavy (non-hydrogen) atoms. The van der Waals surface area contributed by atoms with Gasteiger partial charge in [-0.25, -0.2) is 0 Å². The molecule has 0 saturated heterocycles. The van der Waals surface area contributed by atoms with Crippen molar-refractivity contribution in [3.05, 3.63) is 35.9 Å². The summed E-state index contributed by atoms with van der Waals surface area (Å²) in [6.07, 6.45) is 2.30. The van der Waals surface area contributed by atoms with Crippen molar-refractivity contribution < 1.29 is 14.7 Å². The second-order valence-electron chi connectivity index (χ2n) is 5.33. The number of amides is 1. The van der Waals surface area contributed by atoms with Crippen LogP contribution in [0.2, 0.25) is 0 Å². The minimum absolute atomic E-state index is 0.115. The second-order valence-corrected chi connectivity index (χ2v) is 5.33. The first-order valence-corrected chi connectivity index (χ1v) is 6.88. The first-order chi connectivity index (χ1) is 9.56. The van der Waals surface area contributed by atoms with Crippen LogP contribution in [0.4, 0.5) is 0 Å². The summed E-state index contributed by atoms with van der Waals surface area (Å²) in [5.74, 6) is -0.666. The summed E-state index contributed by atoms with van der Waals surface area (Å²) < 4.78 is 0. The zero-order valence-corrected chi connectivity index (χ0v) is 11.3. The quantitative estimate of drug-likeness (QED) is 0.702. The largest absolute Gasteiger partial charge is 0.481 e. The van der Waals surface area contributed by atoms with Gasteiger partial charge in [0.1, 0.15) is 0 Å². The van der Waals surface area contributed by atoms with Crippen molar-refractivity contribution in [3.8, 4) is 0 Å². The molecule has 0 aromatic heterocycles. The number of aliphatic carboxylic acids is 1. The van der Waals surface area contributed by atoms with E-state index in [1.165, 1.54) is 0 Å². The summed E-state index contributed by atoms with van der Waals surface area (Å²) in [6, 6.07) is 8.51. The minimum atomic E-state index is -0.939. The van der Waals surface area contributed by atoms with Gasteiger partial charge in [0.05, 0.1) is 12.5 Å². The third-order valence-corrected chi connectivity index (χ3v) is 3.56. The Morgan fingerprint density at radius 3 is 2.45 bits per heavy atom. The van der Waals surface area contributed by atoms with E-state index in [9.17, 15) is 9.59 Å². The lowest BCUT2D eigenvalue weighted by Gasteiger charge is -2.19. The van der Waals surface area contributed by atoms with Gasteiger partial charge in [-0.15, -0.1) is 0 Å². The van der Waals surface area contributed by atoms with Crippen molar-refractivity contribution in [2.45, 2.75) is 37.8 Å². The fraction of sp³-hybridized carbons (Fsp3) is 0.467. The molecule has 0 bridgehead atoms. The smallest absolute Gasteiger partial charge is 0.305 e. The molecule has 0 radical (unpaired) electrons. The molecule has 0 aliphatic heterocycles. The monoisotopic (exact) mass is 276 g/mol. The van der Waals surface area contributed by atoms with Crippen LogP contribution in [0.15, 0.2) is 30.3 Å². The highest BCUT2D eigenvalue weighted by Crippen LogP contribution is 2.32. The normalized spacial score (nSPS) is 17.2. The van der Waals surface area contributed by atoms with Crippen LogP contribution in [0.5, 0.6) is 0 Å². The van der Waals surface area contributed by atoms with Crippen molar-refractivity contribution in [2.24, 2.45) is 11.7 Å². The fourth-order valence-corrected chi connectivity index (χ4v) is 2.27. The van der Waals surface area contributed by atoms with Crippen LogP contribution in [-0.4, -0.2) is 23.0 Å². The zero-order valence-electron chi connectivity index (χ0n) is 11.3. The first kappa shape index (κ1) is 14.5. The van der Waals surface area contributed by atoms with Crippen molar-refractivity contribution in [2.75, 3.05) is 0 Å². The Hall–Kier alpha value is -1.88. The van der Waals surface area contributed by atoms with E-state index in [-0.39, 0.29) is 24.8 Å². The van der Waals surface area contributed by atoms with Gasteiger partial charge < -0.3 is 16.2 Å². The number of nitrogens with two attached hydrogens (primary N) is 1. The molecule has 1 aromatic carbocycles. The number of carbonyl (C=O) groups is 2. The molecule has 1 aromatic rings. The Bertz CT molecular complexity index is 471. The maximum Gasteiger partial charge on any atom is 0.305 e. The van der Waals surface area contributed by atoms with E-state index in [0.29, 0.717) is 5.92 Å². The SMILES string of the molecule is NC(CC(=O)NC(CC(=O)O)c1ccccc1)C1CC1. The van der Waals surface area contributed by atoms with E-state index in [0.717, 1.165) is 18.4 Å². The van der Waals surface area contributed by atoms with Gasteiger partial charge in [-0.05, 0) is 24.3 Å². The average molecular weight is 276 g/mol. The Labute approximate surface area is 118 Å². The predicted molar refractivity (Wildman–Crippen MR) is 74.9 cm³/mol. The Morgan fingerprint density at radius 2 is 1.90 bits per heavy atom. The Balaban J connectivity index is 1.96. The second kappa shape index (κ2) is 6.52. The minimum Gasteiger partial charge on any atom is -0.481 e. The third-order valence-electron chi connectivity index (χ3n) is 3.56. The highest BCUT2D eigenvalue weighted by molar-refractivity contribution is 5.78. The van der Waals surface area contributed by atoms with Gasteiger partial charge in [0.2, 0.25) is 5.91 Å². The van der Waals surface area contributed by atoms with Gasteiger partial charge in [0, 0.05) is 12.5 Å². The van der Waals surface area contributed by atoms with Crippen LogP contribution in [0, 0.1) is 5.92 Å². The van der Waals surface area contributed by atoms with Gasteiger partial charge in [-0.2, -0.15) is 0 Å². The van der Waals surface area contributed by atoms with Gasteiger partial charge in [-0.1, -0.05) is 30.3 Å². The van der Waals surface area contributed by atoms with Gasteiger partial charge in [0.15, 0.2) is 0 Å². The highest BCUT2D eigenvalue weighted by atomic mass is 16.4. The molecule has 108 valence electrons. The van der Waals surface area contributed by atoms with Crippen molar-refractivity contribution >= 4 is 11.9 Å². The summed E-state index contributed by atoms with van der Waals surface area (Å²) >= 11 is 0. The first-order valence-electron chi connectivity index (χ1n) is 6.88. The molecule has 2 atom stereocenters. The molecular formula is C15H20N2O3. The van der Waals surface area contributed by atoms with E-state index in [1.54, 1.807) is 0 Å². The lowest BCUT2D eigenvalue weighted by Crippen LogP contribution is -2.35. The molecule has 5 nitrogen and oxygen atoms in total.